The summed E-state index contributed by atoms with van der Waals surface area (Å²) in [5.74, 6) is -1.09. The molecule has 0 unspecified atom stereocenters. The van der Waals surface area contributed by atoms with Gasteiger partial charge in [-0.1, -0.05) is 23.7 Å². The highest BCUT2D eigenvalue weighted by Gasteiger charge is 2.41. The topological polar surface area (TPSA) is 87.0 Å². The minimum absolute atomic E-state index is 0.0942. The molecular formula is C19H17ClN4O4. The van der Waals surface area contributed by atoms with Crippen LogP contribution in [-0.4, -0.2) is 59.4 Å². The maximum absolute atomic E-state index is 12.7. The van der Waals surface area contributed by atoms with E-state index in [0.29, 0.717) is 18.1 Å². The molecule has 2 aliphatic rings. The number of carbonyl (C=O) groups is 2. The van der Waals surface area contributed by atoms with Crippen molar-refractivity contribution in [1.29, 1.82) is 0 Å². The third kappa shape index (κ3) is 3.21. The summed E-state index contributed by atoms with van der Waals surface area (Å²) in [6.45, 7) is 2.88. The number of carbonyl (C=O) groups excluding carboxylic acids is 2. The molecule has 0 aromatic heterocycles. The lowest BCUT2D eigenvalue weighted by Gasteiger charge is -2.37. The molecule has 8 nitrogen and oxygen atoms in total. The van der Waals surface area contributed by atoms with Crippen LogP contribution < -0.4 is 4.90 Å². The van der Waals surface area contributed by atoms with Gasteiger partial charge in [-0.25, -0.2) is 0 Å². The molecule has 1 fully saturated rings. The van der Waals surface area contributed by atoms with Gasteiger partial charge in [0.15, 0.2) is 0 Å². The standard InChI is InChI=1S/C19H17ClN4O4/c20-13-3-1-4-14(11-13)22-9-7-21(8-10-22)12-23-18(25)15-5-2-6-16(24(27)28)17(15)19(23)26/h1-6,11H,7-10,12H2. The first-order chi connectivity index (χ1) is 13.5. The Labute approximate surface area is 166 Å². The molecule has 2 aliphatic heterocycles. The molecular weight excluding hydrogens is 384 g/mol. The van der Waals surface area contributed by atoms with Gasteiger partial charge in [-0.05, 0) is 24.3 Å². The minimum Gasteiger partial charge on any atom is -0.369 e. The van der Waals surface area contributed by atoms with Gasteiger partial charge in [0.1, 0.15) is 5.56 Å². The van der Waals surface area contributed by atoms with E-state index in [2.05, 4.69) is 4.90 Å². The van der Waals surface area contributed by atoms with Crippen LogP contribution in [0.4, 0.5) is 11.4 Å². The number of nitro benzene ring substituents is 1. The van der Waals surface area contributed by atoms with Crippen molar-refractivity contribution in [3.05, 3.63) is 68.7 Å². The number of halogens is 1. The molecule has 2 aromatic carbocycles. The fourth-order valence-electron chi connectivity index (χ4n) is 3.62. The highest BCUT2D eigenvalue weighted by Crippen LogP contribution is 2.31. The number of hydrogen-bond acceptors (Lipinski definition) is 6. The Morgan fingerprint density at radius 3 is 2.39 bits per heavy atom. The predicted octanol–water partition coefficient (Wildman–Crippen LogP) is 2.62. The van der Waals surface area contributed by atoms with Crippen molar-refractivity contribution in [3.63, 3.8) is 0 Å². The number of rotatable bonds is 4. The normalized spacial score (nSPS) is 17.2. The molecule has 28 heavy (non-hydrogen) atoms. The zero-order valence-corrected chi connectivity index (χ0v) is 15.6. The largest absolute Gasteiger partial charge is 0.369 e. The maximum atomic E-state index is 12.7. The molecule has 0 spiro atoms. The van der Waals surface area contributed by atoms with Crippen molar-refractivity contribution in [1.82, 2.24) is 9.80 Å². The number of nitro groups is 1. The summed E-state index contributed by atoms with van der Waals surface area (Å²) < 4.78 is 0. The highest BCUT2D eigenvalue weighted by atomic mass is 35.5. The molecule has 0 aliphatic carbocycles. The summed E-state index contributed by atoms with van der Waals surface area (Å²) >= 11 is 6.05. The van der Waals surface area contributed by atoms with Crippen LogP contribution in [0.15, 0.2) is 42.5 Å². The van der Waals surface area contributed by atoms with Gasteiger partial charge in [0.2, 0.25) is 0 Å². The summed E-state index contributed by atoms with van der Waals surface area (Å²) in [6.07, 6.45) is 0. The van der Waals surface area contributed by atoms with Crippen LogP contribution in [-0.2, 0) is 0 Å². The van der Waals surface area contributed by atoms with Crippen molar-refractivity contribution < 1.29 is 14.5 Å². The molecule has 9 heteroatoms. The lowest BCUT2D eigenvalue weighted by molar-refractivity contribution is -0.385. The Kier molecular flexibility index (Phi) is 4.74. The van der Waals surface area contributed by atoms with Gasteiger partial charge in [-0.3, -0.25) is 29.5 Å². The lowest BCUT2D eigenvalue weighted by atomic mass is 10.1. The third-order valence-corrected chi connectivity index (χ3v) is 5.30. The first kappa shape index (κ1) is 18.4. The van der Waals surface area contributed by atoms with Crippen LogP contribution in [0.25, 0.3) is 0 Å². The summed E-state index contributed by atoms with van der Waals surface area (Å²) in [5, 5.41) is 11.9. The molecule has 0 N–H and O–H groups in total. The zero-order valence-electron chi connectivity index (χ0n) is 14.9. The van der Waals surface area contributed by atoms with E-state index in [4.69, 9.17) is 11.6 Å². The second-order valence-corrected chi connectivity index (χ2v) is 7.16. The summed E-state index contributed by atoms with van der Waals surface area (Å²) in [7, 11) is 0. The monoisotopic (exact) mass is 400 g/mol. The van der Waals surface area contributed by atoms with Crippen molar-refractivity contribution >= 4 is 34.8 Å². The molecule has 0 bridgehead atoms. The van der Waals surface area contributed by atoms with Crippen molar-refractivity contribution in [2.45, 2.75) is 0 Å². The fraction of sp³-hybridized carbons (Fsp3) is 0.263. The van der Waals surface area contributed by atoms with Gasteiger partial charge in [0.05, 0.1) is 17.2 Å². The van der Waals surface area contributed by atoms with Gasteiger partial charge in [0.25, 0.3) is 17.5 Å². The number of fused-ring (bicyclic) bond motifs is 1. The number of anilines is 1. The van der Waals surface area contributed by atoms with Crippen molar-refractivity contribution in [3.8, 4) is 0 Å². The van der Waals surface area contributed by atoms with Gasteiger partial charge in [-0.15, -0.1) is 0 Å². The Morgan fingerprint density at radius 1 is 1.00 bits per heavy atom. The smallest absolute Gasteiger partial charge is 0.282 e. The first-order valence-corrected chi connectivity index (χ1v) is 9.20. The Morgan fingerprint density at radius 2 is 1.71 bits per heavy atom. The number of imide groups is 1. The number of amides is 2. The Hall–Kier alpha value is -2.97. The SMILES string of the molecule is O=C1c2cccc([N+](=O)[O-])c2C(=O)N1CN1CCN(c2cccc(Cl)c2)CC1. The van der Waals surface area contributed by atoms with Crippen LogP contribution in [0.1, 0.15) is 20.7 Å². The van der Waals surface area contributed by atoms with E-state index in [1.807, 2.05) is 29.2 Å². The van der Waals surface area contributed by atoms with E-state index in [-0.39, 0.29) is 23.5 Å². The molecule has 1 saturated heterocycles. The van der Waals surface area contributed by atoms with Crippen LogP contribution >= 0.6 is 11.6 Å². The van der Waals surface area contributed by atoms with E-state index in [1.165, 1.54) is 18.2 Å². The first-order valence-electron chi connectivity index (χ1n) is 8.82. The second-order valence-electron chi connectivity index (χ2n) is 6.72. The maximum Gasteiger partial charge on any atom is 0.282 e. The van der Waals surface area contributed by atoms with Gasteiger partial charge < -0.3 is 4.90 Å². The van der Waals surface area contributed by atoms with Crippen molar-refractivity contribution in [2.24, 2.45) is 0 Å². The minimum atomic E-state index is -0.628. The molecule has 2 amide bonds. The summed E-state index contributed by atoms with van der Waals surface area (Å²) in [5.41, 5.74) is 0.680. The van der Waals surface area contributed by atoms with E-state index >= 15 is 0 Å². The molecule has 0 saturated carbocycles. The van der Waals surface area contributed by atoms with Crippen LogP contribution in [0.5, 0.6) is 0 Å². The lowest BCUT2D eigenvalue weighted by Crippen LogP contribution is -2.51. The number of benzene rings is 2. The van der Waals surface area contributed by atoms with Crippen LogP contribution in [0, 0.1) is 10.1 Å². The molecule has 0 radical (unpaired) electrons. The quantitative estimate of drug-likeness (QED) is 0.445. The highest BCUT2D eigenvalue weighted by molar-refractivity contribution is 6.30. The Balaban J connectivity index is 1.45. The number of nitrogens with zero attached hydrogens (tertiary/aromatic N) is 4. The molecule has 0 atom stereocenters. The molecule has 2 aromatic rings. The van der Waals surface area contributed by atoms with Gasteiger partial charge >= 0.3 is 0 Å². The fourth-order valence-corrected chi connectivity index (χ4v) is 3.80. The average Bonchev–Trinajstić information content (AvgIpc) is 2.93. The number of piperazine rings is 1. The van der Waals surface area contributed by atoms with E-state index in [9.17, 15) is 19.7 Å². The molecule has 144 valence electrons. The van der Waals surface area contributed by atoms with E-state index < -0.39 is 16.7 Å². The number of hydrogen-bond donors (Lipinski definition) is 0. The van der Waals surface area contributed by atoms with Crippen molar-refractivity contribution in [2.75, 3.05) is 37.7 Å². The second kappa shape index (κ2) is 7.21. The van der Waals surface area contributed by atoms with E-state index in [0.717, 1.165) is 23.7 Å². The third-order valence-electron chi connectivity index (χ3n) is 5.06. The van der Waals surface area contributed by atoms with Gasteiger partial charge in [-0.2, -0.15) is 0 Å². The summed E-state index contributed by atoms with van der Waals surface area (Å²) in [6, 6.07) is 11.7. The zero-order chi connectivity index (χ0) is 19.8. The predicted molar refractivity (Wildman–Crippen MR) is 104 cm³/mol. The Bertz CT molecular complexity index is 972. The summed E-state index contributed by atoms with van der Waals surface area (Å²) in [4.78, 5) is 41.1. The van der Waals surface area contributed by atoms with E-state index in [1.54, 1.807) is 0 Å². The molecule has 4 rings (SSSR count). The van der Waals surface area contributed by atoms with Crippen LogP contribution in [0.3, 0.4) is 0 Å². The van der Waals surface area contributed by atoms with Gasteiger partial charge in [0, 0.05) is 43.0 Å². The van der Waals surface area contributed by atoms with Crippen LogP contribution in [0.2, 0.25) is 5.02 Å². The molecule has 2 heterocycles. The average molecular weight is 401 g/mol.